The molecule has 0 spiro atoms. The minimum Gasteiger partial charge on any atom is -0.372 e. The van der Waals surface area contributed by atoms with Gasteiger partial charge in [-0.3, -0.25) is 4.90 Å². The molecular weight excluding hydrogens is 210 g/mol. The van der Waals surface area contributed by atoms with Gasteiger partial charge in [0.25, 0.3) is 0 Å². The summed E-state index contributed by atoms with van der Waals surface area (Å²) in [7, 11) is 2.11. The molecule has 0 bridgehead atoms. The van der Waals surface area contributed by atoms with E-state index in [0.717, 1.165) is 18.2 Å². The smallest absolute Gasteiger partial charge is 0.0936 e. The van der Waals surface area contributed by atoms with Gasteiger partial charge in [0.2, 0.25) is 0 Å². The normalized spacial score (nSPS) is 21.7. The Morgan fingerprint density at radius 2 is 2.20 bits per heavy atom. The van der Waals surface area contributed by atoms with Crippen molar-refractivity contribution in [2.24, 2.45) is 0 Å². The summed E-state index contributed by atoms with van der Waals surface area (Å²) in [5.74, 6) is 0. The van der Waals surface area contributed by atoms with Crippen molar-refractivity contribution in [2.45, 2.75) is 19.1 Å². The van der Waals surface area contributed by atoms with Gasteiger partial charge in [-0.15, -0.1) is 0 Å². The predicted octanol–water partition coefficient (Wildman–Crippen LogP) is 2.73. The van der Waals surface area contributed by atoms with E-state index in [9.17, 15) is 0 Å². The molecule has 15 heavy (non-hydrogen) atoms. The summed E-state index contributed by atoms with van der Waals surface area (Å²) in [5.41, 5.74) is 1.18. The molecule has 1 saturated heterocycles. The van der Waals surface area contributed by atoms with Crippen LogP contribution in [0, 0.1) is 0 Å². The van der Waals surface area contributed by atoms with Crippen molar-refractivity contribution >= 4 is 11.6 Å². The van der Waals surface area contributed by atoms with E-state index in [4.69, 9.17) is 16.3 Å². The quantitative estimate of drug-likeness (QED) is 0.733. The van der Waals surface area contributed by atoms with Crippen LogP contribution in [0.3, 0.4) is 0 Å². The number of epoxide rings is 1. The summed E-state index contributed by atoms with van der Waals surface area (Å²) < 4.78 is 5.22. The largest absolute Gasteiger partial charge is 0.372 e. The molecule has 1 heterocycles. The van der Waals surface area contributed by atoms with Gasteiger partial charge in [0, 0.05) is 17.6 Å². The minimum absolute atomic E-state index is 0.336. The first-order chi connectivity index (χ1) is 7.18. The molecule has 2 unspecified atom stereocenters. The molecule has 1 aromatic rings. The number of likely N-dealkylation sites (N-methyl/N-ethyl adjacent to an activating group) is 1. The molecule has 0 N–H and O–H groups in total. The van der Waals surface area contributed by atoms with Crippen LogP contribution in [0.4, 0.5) is 0 Å². The second-order valence-electron chi connectivity index (χ2n) is 4.09. The lowest BCUT2D eigenvalue weighted by Gasteiger charge is -2.25. The second kappa shape index (κ2) is 4.52. The van der Waals surface area contributed by atoms with Crippen LogP contribution < -0.4 is 0 Å². The van der Waals surface area contributed by atoms with Crippen LogP contribution in [0.1, 0.15) is 18.5 Å². The van der Waals surface area contributed by atoms with E-state index in [2.05, 4.69) is 24.9 Å². The third-order valence-electron chi connectivity index (χ3n) is 2.91. The highest BCUT2D eigenvalue weighted by atomic mass is 35.5. The molecule has 1 aromatic carbocycles. The van der Waals surface area contributed by atoms with Crippen LogP contribution >= 0.6 is 11.6 Å². The zero-order chi connectivity index (χ0) is 10.8. The average molecular weight is 226 g/mol. The average Bonchev–Trinajstić information content (AvgIpc) is 3.01. The van der Waals surface area contributed by atoms with E-state index < -0.39 is 0 Å². The molecule has 3 heteroatoms. The van der Waals surface area contributed by atoms with Crippen molar-refractivity contribution < 1.29 is 4.74 Å². The Labute approximate surface area is 95.8 Å². The number of hydrogen-bond acceptors (Lipinski definition) is 2. The Morgan fingerprint density at radius 3 is 2.80 bits per heavy atom. The Morgan fingerprint density at radius 1 is 1.53 bits per heavy atom. The fourth-order valence-electron chi connectivity index (χ4n) is 1.70. The molecule has 2 atom stereocenters. The van der Waals surface area contributed by atoms with E-state index in [1.807, 2.05) is 18.2 Å². The summed E-state index contributed by atoms with van der Waals surface area (Å²) in [4.78, 5) is 2.28. The fourth-order valence-corrected chi connectivity index (χ4v) is 2.00. The maximum absolute atomic E-state index is 6.16. The first-order valence-electron chi connectivity index (χ1n) is 5.24. The highest BCUT2D eigenvalue weighted by Gasteiger charge is 2.26. The predicted molar refractivity (Wildman–Crippen MR) is 62.2 cm³/mol. The van der Waals surface area contributed by atoms with Crippen LogP contribution in [0.5, 0.6) is 0 Å². The molecule has 1 fully saturated rings. The van der Waals surface area contributed by atoms with Gasteiger partial charge in [-0.2, -0.15) is 0 Å². The van der Waals surface area contributed by atoms with Crippen molar-refractivity contribution in [3.63, 3.8) is 0 Å². The molecule has 2 nitrogen and oxygen atoms in total. The monoisotopic (exact) mass is 225 g/mol. The Balaban J connectivity index is 2.05. The molecular formula is C12H16ClNO. The van der Waals surface area contributed by atoms with Gasteiger partial charge >= 0.3 is 0 Å². The summed E-state index contributed by atoms with van der Waals surface area (Å²) in [6.07, 6.45) is 0.430. The van der Waals surface area contributed by atoms with Crippen molar-refractivity contribution in [2.75, 3.05) is 20.2 Å². The van der Waals surface area contributed by atoms with Crippen molar-refractivity contribution in [3.05, 3.63) is 34.9 Å². The second-order valence-corrected chi connectivity index (χ2v) is 4.50. The van der Waals surface area contributed by atoms with Gasteiger partial charge in [-0.1, -0.05) is 29.8 Å². The number of ether oxygens (including phenoxy) is 1. The van der Waals surface area contributed by atoms with E-state index in [0.29, 0.717) is 12.1 Å². The summed E-state index contributed by atoms with van der Waals surface area (Å²) >= 11 is 6.16. The van der Waals surface area contributed by atoms with E-state index in [-0.39, 0.29) is 0 Å². The maximum Gasteiger partial charge on any atom is 0.0936 e. The molecule has 2 rings (SSSR count). The van der Waals surface area contributed by atoms with Gasteiger partial charge in [-0.05, 0) is 25.6 Å². The zero-order valence-corrected chi connectivity index (χ0v) is 9.87. The summed E-state index contributed by atoms with van der Waals surface area (Å²) in [6.45, 7) is 4.05. The fraction of sp³-hybridized carbons (Fsp3) is 0.500. The highest BCUT2D eigenvalue weighted by molar-refractivity contribution is 6.31. The van der Waals surface area contributed by atoms with E-state index in [1.54, 1.807) is 0 Å². The third-order valence-corrected chi connectivity index (χ3v) is 3.25. The summed E-state index contributed by atoms with van der Waals surface area (Å²) in [6, 6.07) is 8.34. The molecule has 1 aliphatic heterocycles. The van der Waals surface area contributed by atoms with Crippen LogP contribution in [0.2, 0.25) is 5.02 Å². The van der Waals surface area contributed by atoms with Gasteiger partial charge in [0.15, 0.2) is 0 Å². The van der Waals surface area contributed by atoms with Gasteiger partial charge in [-0.25, -0.2) is 0 Å². The Bertz CT molecular complexity index is 338. The number of halogens is 1. The lowest BCUT2D eigenvalue weighted by Crippen LogP contribution is -2.26. The molecule has 0 aromatic heterocycles. The van der Waals surface area contributed by atoms with Crippen molar-refractivity contribution in [3.8, 4) is 0 Å². The lowest BCUT2D eigenvalue weighted by atomic mass is 10.1. The molecule has 1 aliphatic rings. The van der Waals surface area contributed by atoms with Gasteiger partial charge < -0.3 is 4.74 Å². The highest BCUT2D eigenvalue weighted by Crippen LogP contribution is 2.27. The minimum atomic E-state index is 0.336. The van der Waals surface area contributed by atoms with Gasteiger partial charge in [0.05, 0.1) is 12.7 Å². The SMILES string of the molecule is CC(c1ccccc1Cl)N(C)CC1CO1. The maximum atomic E-state index is 6.16. The molecule has 82 valence electrons. The Hall–Kier alpha value is -0.570. The Kier molecular flexibility index (Phi) is 3.29. The van der Waals surface area contributed by atoms with Crippen LogP contribution in [0.15, 0.2) is 24.3 Å². The standard InChI is InChI=1S/C12H16ClNO/c1-9(14(2)7-10-8-15-10)11-5-3-4-6-12(11)13/h3-6,9-10H,7-8H2,1-2H3. The first kappa shape index (κ1) is 10.9. The molecule has 0 aliphatic carbocycles. The number of rotatable bonds is 4. The van der Waals surface area contributed by atoms with Crippen molar-refractivity contribution in [1.29, 1.82) is 0 Å². The number of benzene rings is 1. The van der Waals surface area contributed by atoms with Crippen molar-refractivity contribution in [1.82, 2.24) is 4.90 Å². The van der Waals surface area contributed by atoms with Gasteiger partial charge in [0.1, 0.15) is 0 Å². The first-order valence-corrected chi connectivity index (χ1v) is 5.62. The zero-order valence-electron chi connectivity index (χ0n) is 9.11. The van der Waals surface area contributed by atoms with Crippen LogP contribution in [-0.4, -0.2) is 31.2 Å². The molecule has 0 amide bonds. The van der Waals surface area contributed by atoms with Crippen LogP contribution in [-0.2, 0) is 4.74 Å². The van der Waals surface area contributed by atoms with E-state index >= 15 is 0 Å². The molecule has 0 radical (unpaired) electrons. The lowest BCUT2D eigenvalue weighted by molar-refractivity contribution is 0.232. The number of nitrogens with zero attached hydrogens (tertiary/aromatic N) is 1. The summed E-state index contributed by atoms with van der Waals surface area (Å²) in [5, 5.41) is 0.841. The van der Waals surface area contributed by atoms with E-state index in [1.165, 1.54) is 5.56 Å². The van der Waals surface area contributed by atoms with Crippen LogP contribution in [0.25, 0.3) is 0 Å². The topological polar surface area (TPSA) is 15.8 Å². The molecule has 0 saturated carbocycles. The number of hydrogen-bond donors (Lipinski definition) is 0. The third kappa shape index (κ3) is 2.71.